The molecule has 2 aliphatic rings. The number of benzene rings is 2. The van der Waals surface area contributed by atoms with Crippen molar-refractivity contribution in [2.45, 2.75) is 13.5 Å². The molecule has 0 spiro atoms. The zero-order valence-corrected chi connectivity index (χ0v) is 9.55. The van der Waals surface area contributed by atoms with Crippen LogP contribution in [-0.4, -0.2) is 9.55 Å². The van der Waals surface area contributed by atoms with Crippen molar-refractivity contribution in [2.75, 3.05) is 0 Å². The lowest BCUT2D eigenvalue weighted by molar-refractivity contribution is 0.790. The molecule has 3 rings (SSSR count). The van der Waals surface area contributed by atoms with Crippen LogP contribution in [0.25, 0.3) is 22.4 Å². The molecule has 3 nitrogen and oxygen atoms in total. The van der Waals surface area contributed by atoms with Gasteiger partial charge in [0.2, 0.25) is 5.43 Å². The number of aromatic nitrogens is 2. The van der Waals surface area contributed by atoms with Gasteiger partial charge in [-0.05, 0) is 31.2 Å². The van der Waals surface area contributed by atoms with Crippen molar-refractivity contribution < 1.29 is 0 Å². The van der Waals surface area contributed by atoms with Gasteiger partial charge in [-0.1, -0.05) is 18.2 Å². The first-order valence-electron chi connectivity index (χ1n) is 5.69. The molecule has 0 saturated carbocycles. The minimum atomic E-state index is -0.0181. The van der Waals surface area contributed by atoms with Crippen LogP contribution < -0.4 is 5.43 Å². The quantitative estimate of drug-likeness (QED) is 0.595. The lowest BCUT2D eigenvalue weighted by atomic mass is 10.1. The van der Waals surface area contributed by atoms with Crippen LogP contribution in [-0.2, 0) is 6.54 Å². The van der Waals surface area contributed by atoms with Gasteiger partial charge in [-0.2, -0.15) is 0 Å². The van der Waals surface area contributed by atoms with Crippen LogP contribution in [0.2, 0.25) is 0 Å². The minimum absolute atomic E-state index is 0.0181. The Labute approximate surface area is 98.7 Å². The molecule has 0 aromatic heterocycles. The van der Waals surface area contributed by atoms with E-state index in [4.69, 9.17) is 0 Å². The molecule has 0 atom stereocenters. The monoisotopic (exact) mass is 224 g/mol. The number of para-hydroxylation sites is 3. The first kappa shape index (κ1) is 10.0. The molecular formula is C14H12N2O. The summed E-state index contributed by atoms with van der Waals surface area (Å²) in [7, 11) is 0. The highest BCUT2D eigenvalue weighted by Crippen LogP contribution is 2.22. The first-order chi connectivity index (χ1) is 8.31. The molecule has 1 heterocycles. The molecule has 1 aliphatic heterocycles. The smallest absolute Gasteiger partial charge is 0.206 e. The van der Waals surface area contributed by atoms with Crippen molar-refractivity contribution in [1.29, 1.82) is 0 Å². The largest absolute Gasteiger partial charge is 0.338 e. The second-order valence-corrected chi connectivity index (χ2v) is 3.97. The lowest BCUT2D eigenvalue weighted by Gasteiger charge is -2.15. The highest BCUT2D eigenvalue weighted by atomic mass is 16.1. The van der Waals surface area contributed by atoms with E-state index < -0.39 is 0 Å². The van der Waals surface area contributed by atoms with Crippen LogP contribution in [0, 0.1) is 0 Å². The first-order valence-corrected chi connectivity index (χ1v) is 5.69. The number of aryl methyl sites for hydroxylation is 1. The zero-order chi connectivity index (χ0) is 11.8. The maximum absolute atomic E-state index is 11.8. The molecule has 84 valence electrons. The maximum Gasteiger partial charge on any atom is 0.206 e. The predicted molar refractivity (Wildman–Crippen MR) is 68.3 cm³/mol. The third kappa shape index (κ3) is 1.43. The van der Waals surface area contributed by atoms with Crippen LogP contribution in [0.4, 0.5) is 0 Å². The fourth-order valence-corrected chi connectivity index (χ4v) is 2.22. The van der Waals surface area contributed by atoms with Gasteiger partial charge in [-0.25, -0.2) is 4.98 Å². The second-order valence-electron chi connectivity index (χ2n) is 3.97. The number of fused-ring (bicyclic) bond motifs is 2. The van der Waals surface area contributed by atoms with E-state index in [0.29, 0.717) is 5.69 Å². The zero-order valence-electron chi connectivity index (χ0n) is 9.55. The van der Waals surface area contributed by atoms with E-state index in [1.807, 2.05) is 30.3 Å². The Bertz CT molecular complexity index is 715. The molecule has 17 heavy (non-hydrogen) atoms. The molecule has 1 aliphatic carbocycles. The van der Waals surface area contributed by atoms with Crippen molar-refractivity contribution in [3.63, 3.8) is 0 Å². The summed E-state index contributed by atoms with van der Waals surface area (Å²) >= 11 is 0. The maximum atomic E-state index is 11.8. The van der Waals surface area contributed by atoms with Gasteiger partial charge in [-0.3, -0.25) is 4.79 Å². The van der Waals surface area contributed by atoms with Crippen LogP contribution >= 0.6 is 0 Å². The SMILES string of the molecule is CCn1c2cccc(=O)c-2nc2ccccc21. The third-order valence-electron chi connectivity index (χ3n) is 2.99. The van der Waals surface area contributed by atoms with Gasteiger partial charge in [0.15, 0.2) is 0 Å². The minimum Gasteiger partial charge on any atom is -0.338 e. The second kappa shape index (κ2) is 3.70. The Balaban J connectivity index is 2.58. The number of rotatable bonds is 1. The topological polar surface area (TPSA) is 34.9 Å². The van der Waals surface area contributed by atoms with Crippen molar-refractivity contribution in [3.8, 4) is 11.4 Å². The van der Waals surface area contributed by atoms with Crippen molar-refractivity contribution in [1.82, 2.24) is 9.55 Å². The fourth-order valence-electron chi connectivity index (χ4n) is 2.22. The van der Waals surface area contributed by atoms with E-state index in [-0.39, 0.29) is 5.43 Å². The van der Waals surface area contributed by atoms with Crippen molar-refractivity contribution in [3.05, 3.63) is 52.7 Å². The van der Waals surface area contributed by atoms with E-state index in [1.165, 1.54) is 0 Å². The average Bonchev–Trinajstić information content (AvgIpc) is 2.37. The highest BCUT2D eigenvalue weighted by molar-refractivity contribution is 5.80. The van der Waals surface area contributed by atoms with E-state index in [1.54, 1.807) is 12.1 Å². The third-order valence-corrected chi connectivity index (χ3v) is 2.99. The van der Waals surface area contributed by atoms with Crippen molar-refractivity contribution >= 4 is 11.0 Å². The molecule has 0 bridgehead atoms. The standard InChI is InChI=1S/C14H12N2O/c1-2-16-11-7-4-3-6-10(11)15-14-12(16)8-5-9-13(14)17/h3-9H,2H2,1H3. The van der Waals surface area contributed by atoms with Crippen molar-refractivity contribution in [2.24, 2.45) is 0 Å². The summed E-state index contributed by atoms with van der Waals surface area (Å²) in [6.07, 6.45) is 0. The lowest BCUT2D eigenvalue weighted by Crippen LogP contribution is -2.13. The van der Waals surface area contributed by atoms with Gasteiger partial charge in [0.1, 0.15) is 5.69 Å². The van der Waals surface area contributed by atoms with Crippen LogP contribution in [0.15, 0.2) is 47.3 Å². The molecule has 1 aromatic rings. The molecule has 0 radical (unpaired) electrons. The molecule has 3 heteroatoms. The Morgan fingerprint density at radius 1 is 1.12 bits per heavy atom. The Kier molecular flexibility index (Phi) is 2.18. The predicted octanol–water partition coefficient (Wildman–Crippen LogP) is 2.52. The number of hydrogen-bond acceptors (Lipinski definition) is 2. The summed E-state index contributed by atoms with van der Waals surface area (Å²) in [5, 5.41) is 0. The van der Waals surface area contributed by atoms with Gasteiger partial charge >= 0.3 is 0 Å². The summed E-state index contributed by atoms with van der Waals surface area (Å²) in [4.78, 5) is 16.3. The normalized spacial score (nSPS) is 11.1. The van der Waals surface area contributed by atoms with Gasteiger partial charge in [0.25, 0.3) is 0 Å². The summed E-state index contributed by atoms with van der Waals surface area (Å²) in [6.45, 7) is 2.90. The molecule has 1 aromatic carbocycles. The Hall–Kier alpha value is -2.16. The summed E-state index contributed by atoms with van der Waals surface area (Å²) in [5.41, 5.74) is 3.36. The van der Waals surface area contributed by atoms with Gasteiger partial charge in [0.05, 0.1) is 16.7 Å². The van der Waals surface area contributed by atoms with E-state index in [0.717, 1.165) is 23.3 Å². The van der Waals surface area contributed by atoms with Gasteiger partial charge in [0, 0.05) is 6.54 Å². The van der Waals surface area contributed by atoms with Gasteiger partial charge < -0.3 is 4.57 Å². The molecule has 0 unspecified atom stereocenters. The summed E-state index contributed by atoms with van der Waals surface area (Å²) in [5.74, 6) is 0. The van der Waals surface area contributed by atoms with E-state index >= 15 is 0 Å². The number of nitrogens with zero attached hydrogens (tertiary/aromatic N) is 2. The van der Waals surface area contributed by atoms with Crippen LogP contribution in [0.5, 0.6) is 0 Å². The van der Waals surface area contributed by atoms with E-state index in [9.17, 15) is 4.79 Å². The van der Waals surface area contributed by atoms with Crippen LogP contribution in [0.1, 0.15) is 6.92 Å². The number of hydrogen-bond donors (Lipinski definition) is 0. The summed E-state index contributed by atoms with van der Waals surface area (Å²) < 4.78 is 2.12. The molecular weight excluding hydrogens is 212 g/mol. The van der Waals surface area contributed by atoms with Crippen LogP contribution in [0.3, 0.4) is 0 Å². The molecule has 0 saturated heterocycles. The molecule has 0 amide bonds. The Morgan fingerprint density at radius 3 is 2.76 bits per heavy atom. The summed E-state index contributed by atoms with van der Waals surface area (Å²) in [6, 6.07) is 13.2. The van der Waals surface area contributed by atoms with E-state index in [2.05, 4.69) is 16.5 Å². The van der Waals surface area contributed by atoms with Gasteiger partial charge in [-0.15, -0.1) is 0 Å². The molecule has 0 N–H and O–H groups in total. The average molecular weight is 224 g/mol. The Morgan fingerprint density at radius 2 is 1.94 bits per heavy atom. The fraction of sp³-hybridized carbons (Fsp3) is 0.143. The molecule has 0 fully saturated rings. The highest BCUT2D eigenvalue weighted by Gasteiger charge is 2.12.